The van der Waals surface area contributed by atoms with Crippen molar-refractivity contribution in [2.75, 3.05) is 27.9 Å². The number of methoxy groups -OCH3 is 3. The molecule has 176 valence electrons. The van der Waals surface area contributed by atoms with Gasteiger partial charge < -0.3 is 24.4 Å². The molecule has 0 aliphatic carbocycles. The Morgan fingerprint density at radius 3 is 2.18 bits per heavy atom. The highest BCUT2D eigenvalue weighted by atomic mass is 16.5. The Morgan fingerprint density at radius 1 is 1.00 bits per heavy atom. The molecule has 1 aliphatic rings. The Labute approximate surface area is 195 Å². The van der Waals surface area contributed by atoms with Gasteiger partial charge in [0, 0.05) is 18.2 Å². The first-order chi connectivity index (χ1) is 15.9. The predicted molar refractivity (Wildman–Crippen MR) is 128 cm³/mol. The predicted octanol–water partition coefficient (Wildman–Crippen LogP) is 4.19. The van der Waals surface area contributed by atoms with Crippen molar-refractivity contribution >= 4 is 17.9 Å². The summed E-state index contributed by atoms with van der Waals surface area (Å²) >= 11 is 0. The average molecular weight is 453 g/mol. The van der Waals surface area contributed by atoms with Crippen LogP contribution < -0.4 is 19.5 Å². The molecule has 0 spiro atoms. The molecule has 0 bridgehead atoms. The summed E-state index contributed by atoms with van der Waals surface area (Å²) in [5, 5.41) is 2.84. The monoisotopic (exact) mass is 452 g/mol. The van der Waals surface area contributed by atoms with Gasteiger partial charge in [0.15, 0.2) is 11.5 Å². The van der Waals surface area contributed by atoms with E-state index < -0.39 is 0 Å². The van der Waals surface area contributed by atoms with Crippen LogP contribution in [0.5, 0.6) is 17.2 Å². The van der Waals surface area contributed by atoms with Crippen molar-refractivity contribution in [3.63, 3.8) is 0 Å². The highest BCUT2D eigenvalue weighted by Gasteiger charge is 2.27. The van der Waals surface area contributed by atoms with E-state index in [0.29, 0.717) is 34.9 Å². The van der Waals surface area contributed by atoms with Crippen LogP contribution in [0, 0.1) is 6.92 Å². The molecule has 1 N–H and O–H groups in total. The van der Waals surface area contributed by atoms with Crippen LogP contribution in [0.2, 0.25) is 0 Å². The Hall–Kier alpha value is -3.48. The fourth-order valence-electron chi connectivity index (χ4n) is 3.96. The molecule has 1 fully saturated rings. The Morgan fingerprint density at radius 2 is 1.64 bits per heavy atom. The van der Waals surface area contributed by atoms with E-state index in [4.69, 9.17) is 14.2 Å². The fourth-order valence-corrected chi connectivity index (χ4v) is 3.96. The third-order valence-electron chi connectivity index (χ3n) is 5.85. The molecule has 1 atom stereocenters. The van der Waals surface area contributed by atoms with Crippen LogP contribution in [0.15, 0.2) is 42.1 Å². The third kappa shape index (κ3) is 5.66. The standard InChI is InChI=1S/C26H32N2O5/c1-17-9-11-20(12-10-17)25(29)27-21(26(30)28-13-7-6-8-18(28)2)14-19-15-22(31-3)24(33-5)23(16-19)32-4/h9-12,14-16,18H,6-8,13H2,1-5H3,(H,27,29). The van der Waals surface area contributed by atoms with Crippen molar-refractivity contribution in [3.8, 4) is 17.2 Å². The Bertz CT molecular complexity index is 1000. The molecule has 0 saturated carbocycles. The molecule has 7 heteroatoms. The van der Waals surface area contributed by atoms with Gasteiger partial charge >= 0.3 is 0 Å². The summed E-state index contributed by atoms with van der Waals surface area (Å²) in [4.78, 5) is 28.3. The highest BCUT2D eigenvalue weighted by molar-refractivity contribution is 6.05. The lowest BCUT2D eigenvalue weighted by molar-refractivity contribution is -0.130. The largest absolute Gasteiger partial charge is 0.493 e. The van der Waals surface area contributed by atoms with E-state index in [2.05, 4.69) is 5.32 Å². The van der Waals surface area contributed by atoms with Gasteiger partial charge in [-0.05, 0) is 69.0 Å². The van der Waals surface area contributed by atoms with E-state index in [-0.39, 0.29) is 23.6 Å². The number of ether oxygens (including phenoxy) is 3. The van der Waals surface area contributed by atoms with Crippen molar-refractivity contribution in [2.45, 2.75) is 39.2 Å². The van der Waals surface area contributed by atoms with Crippen LogP contribution in [-0.2, 0) is 4.79 Å². The number of amides is 2. The average Bonchev–Trinajstić information content (AvgIpc) is 2.83. The Kier molecular flexibility index (Phi) is 7.98. The van der Waals surface area contributed by atoms with E-state index in [0.717, 1.165) is 24.8 Å². The molecule has 1 unspecified atom stereocenters. The molecule has 2 aromatic rings. The van der Waals surface area contributed by atoms with Gasteiger partial charge in [0.1, 0.15) is 5.70 Å². The molecular weight excluding hydrogens is 420 g/mol. The summed E-state index contributed by atoms with van der Waals surface area (Å²) in [5.41, 5.74) is 2.37. The van der Waals surface area contributed by atoms with E-state index in [1.54, 1.807) is 30.3 Å². The molecule has 33 heavy (non-hydrogen) atoms. The summed E-state index contributed by atoms with van der Waals surface area (Å²) in [6.45, 7) is 4.65. The molecule has 2 aromatic carbocycles. The molecule has 3 rings (SSSR count). The minimum absolute atomic E-state index is 0.103. The second-order valence-electron chi connectivity index (χ2n) is 8.18. The van der Waals surface area contributed by atoms with Crippen LogP contribution in [0.3, 0.4) is 0 Å². The quantitative estimate of drug-likeness (QED) is 0.638. The summed E-state index contributed by atoms with van der Waals surface area (Å²) in [7, 11) is 4.60. The number of carbonyl (C=O) groups excluding carboxylic acids is 2. The molecule has 1 heterocycles. The van der Waals surface area contributed by atoms with Gasteiger partial charge in [0.25, 0.3) is 11.8 Å². The van der Waals surface area contributed by atoms with E-state index >= 15 is 0 Å². The second kappa shape index (κ2) is 10.9. The van der Waals surface area contributed by atoms with Gasteiger partial charge in [0.05, 0.1) is 21.3 Å². The first kappa shape index (κ1) is 24.2. The third-order valence-corrected chi connectivity index (χ3v) is 5.85. The molecule has 0 radical (unpaired) electrons. The van der Waals surface area contributed by atoms with Crippen molar-refractivity contribution < 1.29 is 23.8 Å². The summed E-state index contributed by atoms with van der Waals surface area (Å²) in [6.07, 6.45) is 4.63. The number of benzene rings is 2. The SMILES string of the molecule is COc1cc(C=C(NC(=O)c2ccc(C)cc2)C(=O)N2CCCCC2C)cc(OC)c1OC. The maximum Gasteiger partial charge on any atom is 0.270 e. The van der Waals surface area contributed by atoms with Crippen LogP contribution in [0.1, 0.15) is 47.7 Å². The lowest BCUT2D eigenvalue weighted by Gasteiger charge is -2.34. The zero-order chi connectivity index (χ0) is 24.0. The van der Waals surface area contributed by atoms with Gasteiger partial charge in [-0.1, -0.05) is 17.7 Å². The van der Waals surface area contributed by atoms with Crippen LogP contribution in [-0.4, -0.2) is 50.6 Å². The van der Waals surface area contributed by atoms with Crippen LogP contribution in [0.25, 0.3) is 6.08 Å². The zero-order valence-corrected chi connectivity index (χ0v) is 19.9. The lowest BCUT2D eigenvalue weighted by atomic mass is 10.0. The smallest absolute Gasteiger partial charge is 0.270 e. The van der Waals surface area contributed by atoms with Crippen LogP contribution in [0.4, 0.5) is 0 Å². The normalized spacial score (nSPS) is 16.2. The number of carbonyl (C=O) groups is 2. The highest BCUT2D eigenvalue weighted by Crippen LogP contribution is 2.38. The summed E-state index contributed by atoms with van der Waals surface area (Å²) in [6, 6.07) is 10.8. The Balaban J connectivity index is 2.02. The molecule has 2 amide bonds. The number of likely N-dealkylation sites (tertiary alicyclic amines) is 1. The minimum atomic E-state index is -0.341. The van der Waals surface area contributed by atoms with E-state index in [9.17, 15) is 9.59 Å². The number of rotatable bonds is 7. The fraction of sp³-hybridized carbons (Fsp3) is 0.385. The summed E-state index contributed by atoms with van der Waals surface area (Å²) in [5.74, 6) is 0.832. The number of aryl methyl sites for hydroxylation is 1. The second-order valence-corrected chi connectivity index (χ2v) is 8.18. The van der Waals surface area contributed by atoms with Crippen molar-refractivity contribution in [3.05, 3.63) is 58.8 Å². The number of hydrogen-bond acceptors (Lipinski definition) is 5. The lowest BCUT2D eigenvalue weighted by Crippen LogP contribution is -2.45. The van der Waals surface area contributed by atoms with Crippen molar-refractivity contribution in [1.29, 1.82) is 0 Å². The first-order valence-corrected chi connectivity index (χ1v) is 11.1. The van der Waals surface area contributed by atoms with Crippen molar-refractivity contribution in [1.82, 2.24) is 10.2 Å². The molecule has 7 nitrogen and oxygen atoms in total. The number of nitrogens with zero attached hydrogens (tertiary/aromatic N) is 1. The maximum absolute atomic E-state index is 13.5. The van der Waals surface area contributed by atoms with E-state index in [1.165, 1.54) is 21.3 Å². The minimum Gasteiger partial charge on any atom is -0.493 e. The zero-order valence-electron chi connectivity index (χ0n) is 19.9. The van der Waals surface area contributed by atoms with E-state index in [1.807, 2.05) is 30.9 Å². The van der Waals surface area contributed by atoms with Gasteiger partial charge in [-0.15, -0.1) is 0 Å². The first-order valence-electron chi connectivity index (χ1n) is 11.1. The number of piperidine rings is 1. The maximum atomic E-state index is 13.5. The van der Waals surface area contributed by atoms with Crippen LogP contribution >= 0.6 is 0 Å². The number of hydrogen-bond donors (Lipinski definition) is 1. The number of nitrogens with one attached hydrogen (secondary N) is 1. The van der Waals surface area contributed by atoms with Crippen molar-refractivity contribution in [2.24, 2.45) is 0 Å². The van der Waals surface area contributed by atoms with Gasteiger partial charge in [-0.3, -0.25) is 9.59 Å². The van der Waals surface area contributed by atoms with Gasteiger partial charge in [-0.2, -0.15) is 0 Å². The summed E-state index contributed by atoms with van der Waals surface area (Å²) < 4.78 is 16.3. The molecule has 1 saturated heterocycles. The topological polar surface area (TPSA) is 77.1 Å². The molecular formula is C26H32N2O5. The molecule has 1 aliphatic heterocycles. The van der Waals surface area contributed by atoms with Gasteiger partial charge in [-0.25, -0.2) is 0 Å². The van der Waals surface area contributed by atoms with Gasteiger partial charge in [0.2, 0.25) is 5.75 Å². The molecule has 0 aromatic heterocycles.